The van der Waals surface area contributed by atoms with Crippen molar-refractivity contribution in [1.82, 2.24) is 0 Å². The van der Waals surface area contributed by atoms with Gasteiger partial charge in [0.25, 0.3) is 0 Å². The monoisotopic (exact) mass is 763 g/mol. The topological polar surface area (TPSA) is 3.24 Å². The Morgan fingerprint density at radius 2 is 0.982 bits per heavy atom. The molecule has 2 aliphatic rings. The van der Waals surface area contributed by atoms with E-state index >= 15 is 0 Å². The van der Waals surface area contributed by atoms with Crippen molar-refractivity contribution in [1.29, 1.82) is 0 Å². The predicted molar refractivity (Wildman–Crippen MR) is 244 cm³/mol. The van der Waals surface area contributed by atoms with Crippen molar-refractivity contribution in [3.05, 3.63) is 200 Å². The minimum atomic E-state index is -2.59. The number of thiophene rings is 1. The Labute approximate surface area is 335 Å². The van der Waals surface area contributed by atoms with Gasteiger partial charge in [0.15, 0.2) is 8.07 Å². The molecule has 1 aromatic heterocycles. The van der Waals surface area contributed by atoms with E-state index in [-0.39, 0.29) is 0 Å². The standard InChI is InChI=1S/C52H33NS2Si/c1-2-15-38-34(13-1)14-11-19-39(38)35-27-29-36(30-28-35)53(44-21-12-20-43-40-16-3-6-22-45(40)55-52(43)44)37-31-32-51-47(33-37)54-46-23-7-10-26-50(46)56(51)48-24-8-4-17-41(48)42-18-5-9-25-49(42)56/h1-33H. The number of rotatable bonds is 4. The maximum Gasteiger partial charge on any atom is 0.183 e. The number of hydrogen-bond acceptors (Lipinski definition) is 3. The summed E-state index contributed by atoms with van der Waals surface area (Å²) >= 11 is 3.82. The van der Waals surface area contributed by atoms with Crippen molar-refractivity contribution in [3.8, 4) is 22.3 Å². The Bertz CT molecular complexity index is 3150. The molecule has 0 saturated carbocycles. The molecule has 56 heavy (non-hydrogen) atoms. The van der Waals surface area contributed by atoms with Gasteiger partial charge in [0.05, 0.1) is 10.4 Å². The molecule has 0 bridgehead atoms. The van der Waals surface area contributed by atoms with Gasteiger partial charge in [-0.1, -0.05) is 169 Å². The van der Waals surface area contributed by atoms with Crippen molar-refractivity contribution >= 4 is 99.9 Å². The van der Waals surface area contributed by atoms with Crippen LogP contribution in [0.5, 0.6) is 0 Å². The number of benzene rings is 9. The van der Waals surface area contributed by atoms with Crippen LogP contribution in [0, 0.1) is 0 Å². The van der Waals surface area contributed by atoms with E-state index in [1.54, 1.807) is 0 Å². The number of hydrogen-bond donors (Lipinski definition) is 0. The highest BCUT2D eigenvalue weighted by Crippen LogP contribution is 2.47. The summed E-state index contributed by atoms with van der Waals surface area (Å²) in [4.78, 5) is 5.21. The van der Waals surface area contributed by atoms with Gasteiger partial charge >= 0.3 is 0 Å². The normalized spacial score (nSPS) is 13.4. The van der Waals surface area contributed by atoms with Crippen LogP contribution in [-0.4, -0.2) is 8.07 Å². The second-order valence-electron chi connectivity index (χ2n) is 14.8. The molecular formula is C52H33NS2Si. The molecule has 0 unspecified atom stereocenters. The summed E-state index contributed by atoms with van der Waals surface area (Å²) in [6.45, 7) is 0. The molecule has 1 spiro atoms. The molecule has 12 rings (SSSR count). The highest BCUT2D eigenvalue weighted by Gasteiger charge is 2.52. The fraction of sp³-hybridized carbons (Fsp3) is 0. The number of fused-ring (bicyclic) bond motifs is 13. The average molecular weight is 764 g/mol. The molecule has 262 valence electrons. The van der Waals surface area contributed by atoms with Crippen molar-refractivity contribution in [2.24, 2.45) is 0 Å². The van der Waals surface area contributed by atoms with Crippen LogP contribution in [0.15, 0.2) is 210 Å². The Balaban J connectivity index is 1.09. The van der Waals surface area contributed by atoms with Crippen molar-refractivity contribution in [3.63, 3.8) is 0 Å². The predicted octanol–water partition coefficient (Wildman–Crippen LogP) is 12.2. The van der Waals surface area contributed by atoms with E-state index in [2.05, 4.69) is 205 Å². The van der Waals surface area contributed by atoms with Gasteiger partial charge in [-0.2, -0.15) is 0 Å². The Hall–Kier alpha value is -6.17. The zero-order valence-electron chi connectivity index (χ0n) is 30.3. The van der Waals surface area contributed by atoms with Crippen LogP contribution in [0.2, 0.25) is 0 Å². The molecule has 3 heterocycles. The van der Waals surface area contributed by atoms with E-state index < -0.39 is 8.07 Å². The molecule has 9 aromatic carbocycles. The van der Waals surface area contributed by atoms with Crippen LogP contribution in [-0.2, 0) is 0 Å². The van der Waals surface area contributed by atoms with Gasteiger partial charge in [0, 0.05) is 36.6 Å². The summed E-state index contributed by atoms with van der Waals surface area (Å²) in [6, 6.07) is 75.1. The zero-order chi connectivity index (χ0) is 36.8. The van der Waals surface area contributed by atoms with Gasteiger partial charge in [-0.3, -0.25) is 0 Å². The first-order valence-corrected chi connectivity index (χ1v) is 22.8. The van der Waals surface area contributed by atoms with Crippen LogP contribution in [0.25, 0.3) is 53.2 Å². The van der Waals surface area contributed by atoms with E-state index in [0.29, 0.717) is 0 Å². The van der Waals surface area contributed by atoms with Crippen LogP contribution < -0.4 is 25.6 Å². The summed E-state index contributed by atoms with van der Waals surface area (Å²) in [7, 11) is -2.59. The van der Waals surface area contributed by atoms with Gasteiger partial charge < -0.3 is 4.90 Å². The highest BCUT2D eigenvalue weighted by atomic mass is 32.2. The molecule has 0 aliphatic carbocycles. The first-order chi connectivity index (χ1) is 27.8. The van der Waals surface area contributed by atoms with Crippen LogP contribution >= 0.6 is 23.1 Å². The molecule has 1 nitrogen and oxygen atoms in total. The van der Waals surface area contributed by atoms with E-state index in [1.807, 2.05) is 23.1 Å². The smallest absolute Gasteiger partial charge is 0.183 e. The molecule has 10 aromatic rings. The maximum absolute atomic E-state index is 2.59. The third-order valence-corrected chi connectivity index (χ3v) is 19.6. The van der Waals surface area contributed by atoms with Gasteiger partial charge in [0.2, 0.25) is 0 Å². The van der Waals surface area contributed by atoms with E-state index in [0.717, 1.165) is 5.69 Å². The molecular weight excluding hydrogens is 731 g/mol. The fourth-order valence-electron chi connectivity index (χ4n) is 9.59. The molecule has 0 N–H and O–H groups in total. The SMILES string of the molecule is c1ccc2c(c1)Sc1cc(N(c3ccc(-c4cccc5ccccc45)cc3)c3cccc4c3sc3ccccc34)ccc1[Si]21c2ccccc2-c2ccccc21. The summed E-state index contributed by atoms with van der Waals surface area (Å²) in [5.41, 5.74) is 8.75. The average Bonchev–Trinajstić information content (AvgIpc) is 3.79. The summed E-state index contributed by atoms with van der Waals surface area (Å²) < 4.78 is 2.61. The Morgan fingerprint density at radius 1 is 0.393 bits per heavy atom. The third kappa shape index (κ3) is 4.55. The lowest BCUT2D eigenvalue weighted by molar-refractivity contribution is 1.28. The lowest BCUT2D eigenvalue weighted by atomic mass is 9.98. The first kappa shape index (κ1) is 32.1. The van der Waals surface area contributed by atoms with Crippen molar-refractivity contribution < 1.29 is 0 Å². The fourth-order valence-corrected chi connectivity index (χ4v) is 18.2. The van der Waals surface area contributed by atoms with Crippen molar-refractivity contribution in [2.75, 3.05) is 4.90 Å². The summed E-state index contributed by atoms with van der Waals surface area (Å²) in [5.74, 6) is 0. The Morgan fingerprint density at radius 3 is 1.80 bits per heavy atom. The van der Waals surface area contributed by atoms with Crippen LogP contribution in [0.4, 0.5) is 17.1 Å². The molecule has 0 radical (unpaired) electrons. The van der Waals surface area contributed by atoms with E-state index in [9.17, 15) is 0 Å². The minimum Gasteiger partial charge on any atom is -0.309 e. The van der Waals surface area contributed by atoms with Gasteiger partial charge in [0.1, 0.15) is 0 Å². The van der Waals surface area contributed by atoms with E-state index in [1.165, 1.54) is 95.1 Å². The minimum absolute atomic E-state index is 1.14. The first-order valence-electron chi connectivity index (χ1n) is 19.2. The van der Waals surface area contributed by atoms with Crippen molar-refractivity contribution in [2.45, 2.75) is 9.79 Å². The molecule has 2 aliphatic heterocycles. The molecule has 4 heteroatoms. The lowest BCUT2D eigenvalue weighted by Crippen LogP contribution is -2.74. The Kier molecular flexibility index (Phi) is 7.12. The number of anilines is 3. The number of nitrogens with zero attached hydrogens (tertiary/aromatic N) is 1. The quantitative estimate of drug-likeness (QED) is 0.164. The summed E-state index contributed by atoms with van der Waals surface area (Å²) in [5, 5.41) is 11.1. The van der Waals surface area contributed by atoms with Gasteiger partial charge in [-0.15, -0.1) is 11.3 Å². The molecule has 0 saturated heterocycles. The molecule has 0 amide bonds. The zero-order valence-corrected chi connectivity index (χ0v) is 32.9. The second-order valence-corrected chi connectivity index (χ2v) is 20.6. The third-order valence-electron chi connectivity index (χ3n) is 11.9. The van der Waals surface area contributed by atoms with Gasteiger partial charge in [-0.25, -0.2) is 0 Å². The molecule has 0 atom stereocenters. The highest BCUT2D eigenvalue weighted by molar-refractivity contribution is 8.00. The summed E-state index contributed by atoms with van der Waals surface area (Å²) in [6.07, 6.45) is 0. The maximum atomic E-state index is 2.50. The largest absolute Gasteiger partial charge is 0.309 e. The van der Waals surface area contributed by atoms with E-state index in [4.69, 9.17) is 0 Å². The van der Waals surface area contributed by atoms with Crippen LogP contribution in [0.3, 0.4) is 0 Å². The molecule has 0 fully saturated rings. The van der Waals surface area contributed by atoms with Gasteiger partial charge in [-0.05, 0) is 96.2 Å². The van der Waals surface area contributed by atoms with Crippen LogP contribution in [0.1, 0.15) is 0 Å². The lowest BCUT2D eigenvalue weighted by Gasteiger charge is -2.38. The second kappa shape index (κ2) is 12.4.